The van der Waals surface area contributed by atoms with Crippen LogP contribution in [0.25, 0.3) is 0 Å². The fraction of sp³-hybridized carbons (Fsp3) is 0.462. The lowest BCUT2D eigenvalue weighted by atomic mass is 10.0. The number of nitrogens with zero attached hydrogens (tertiary/aromatic N) is 1. The van der Waals surface area contributed by atoms with Gasteiger partial charge in [0.2, 0.25) is 0 Å². The molecule has 90 valence electrons. The zero-order valence-electron chi connectivity index (χ0n) is 9.78. The number of nitrogens with two attached hydrogens (primary N) is 1. The molecule has 0 spiro atoms. The minimum absolute atomic E-state index is 0.613. The third kappa shape index (κ3) is 3.31. The van der Waals surface area contributed by atoms with Crippen LogP contribution in [0.5, 0.6) is 0 Å². The van der Waals surface area contributed by atoms with Crippen molar-refractivity contribution < 1.29 is 0 Å². The molecule has 0 radical (unpaired) electrons. The maximum Gasteiger partial charge on any atom is 0.0992 e. The van der Waals surface area contributed by atoms with E-state index in [9.17, 15) is 0 Å². The molecular formula is C13H17N3S. The smallest absolute Gasteiger partial charge is 0.0992 e. The molecule has 0 bridgehead atoms. The van der Waals surface area contributed by atoms with Gasteiger partial charge >= 0.3 is 0 Å². The van der Waals surface area contributed by atoms with Gasteiger partial charge in [-0.1, -0.05) is 0 Å². The number of hydrogen-bond donors (Lipinski definition) is 2. The highest BCUT2D eigenvalue weighted by atomic mass is 32.2. The van der Waals surface area contributed by atoms with Gasteiger partial charge < -0.3 is 11.1 Å². The number of rotatable bonds is 3. The first-order valence-electron chi connectivity index (χ1n) is 5.91. The van der Waals surface area contributed by atoms with Gasteiger partial charge in [0, 0.05) is 6.54 Å². The summed E-state index contributed by atoms with van der Waals surface area (Å²) in [5, 5.41) is 12.1. The molecule has 1 heterocycles. The lowest BCUT2D eigenvalue weighted by Gasteiger charge is -2.22. The van der Waals surface area contributed by atoms with E-state index in [0.29, 0.717) is 11.3 Å². The normalized spacial score (nSPS) is 16.4. The van der Waals surface area contributed by atoms with Crippen LogP contribution in [-0.4, -0.2) is 18.1 Å². The standard InChI is InChI=1S/C13H17N3S/c14-8-11-1-2-13(12(15)7-11)16-9-10-3-5-17-6-4-10/h1-2,7,10,16H,3-6,9,15H2. The van der Waals surface area contributed by atoms with Crippen LogP contribution >= 0.6 is 11.8 Å². The highest BCUT2D eigenvalue weighted by Crippen LogP contribution is 2.25. The highest BCUT2D eigenvalue weighted by molar-refractivity contribution is 7.99. The third-order valence-corrected chi connectivity index (χ3v) is 4.15. The Morgan fingerprint density at radius 3 is 2.82 bits per heavy atom. The Labute approximate surface area is 106 Å². The molecule has 0 saturated carbocycles. The van der Waals surface area contributed by atoms with Crippen molar-refractivity contribution in [3.8, 4) is 6.07 Å². The van der Waals surface area contributed by atoms with Crippen molar-refractivity contribution in [1.29, 1.82) is 5.26 Å². The summed E-state index contributed by atoms with van der Waals surface area (Å²) in [6, 6.07) is 7.51. The molecule has 17 heavy (non-hydrogen) atoms. The number of anilines is 2. The van der Waals surface area contributed by atoms with Gasteiger partial charge in [0.1, 0.15) is 0 Å². The molecule has 0 unspecified atom stereocenters. The van der Waals surface area contributed by atoms with Crippen molar-refractivity contribution >= 4 is 23.1 Å². The van der Waals surface area contributed by atoms with E-state index in [-0.39, 0.29) is 0 Å². The Balaban J connectivity index is 1.92. The Bertz CT molecular complexity index is 419. The monoisotopic (exact) mass is 247 g/mol. The van der Waals surface area contributed by atoms with Crippen LogP contribution in [-0.2, 0) is 0 Å². The molecule has 0 aromatic heterocycles. The third-order valence-electron chi connectivity index (χ3n) is 3.10. The fourth-order valence-corrected chi connectivity index (χ4v) is 3.20. The van der Waals surface area contributed by atoms with Gasteiger partial charge in [-0.05, 0) is 48.5 Å². The minimum atomic E-state index is 0.613. The van der Waals surface area contributed by atoms with Crippen molar-refractivity contribution in [1.82, 2.24) is 0 Å². The van der Waals surface area contributed by atoms with Crippen molar-refractivity contribution in [3.05, 3.63) is 23.8 Å². The number of nitrogens with one attached hydrogen (secondary N) is 1. The van der Waals surface area contributed by atoms with Gasteiger partial charge in [0.15, 0.2) is 0 Å². The van der Waals surface area contributed by atoms with E-state index in [1.165, 1.54) is 24.3 Å². The Morgan fingerprint density at radius 2 is 2.18 bits per heavy atom. The summed E-state index contributed by atoms with van der Waals surface area (Å²) < 4.78 is 0. The molecule has 1 aromatic rings. The summed E-state index contributed by atoms with van der Waals surface area (Å²) in [5.41, 5.74) is 8.12. The number of hydrogen-bond acceptors (Lipinski definition) is 4. The van der Waals surface area contributed by atoms with Gasteiger partial charge in [0.05, 0.1) is 23.0 Å². The Kier molecular flexibility index (Phi) is 4.16. The molecule has 0 aliphatic carbocycles. The molecule has 1 saturated heterocycles. The van der Waals surface area contributed by atoms with E-state index in [1.54, 1.807) is 12.1 Å². The molecule has 2 rings (SSSR count). The number of nitriles is 1. The van der Waals surface area contributed by atoms with Crippen LogP contribution in [0.1, 0.15) is 18.4 Å². The lowest BCUT2D eigenvalue weighted by molar-refractivity contribution is 0.516. The minimum Gasteiger partial charge on any atom is -0.397 e. The summed E-state index contributed by atoms with van der Waals surface area (Å²) >= 11 is 2.04. The summed E-state index contributed by atoms with van der Waals surface area (Å²) in [6.45, 7) is 0.983. The average Bonchev–Trinajstić information content (AvgIpc) is 2.38. The van der Waals surface area contributed by atoms with E-state index < -0.39 is 0 Å². The molecule has 1 fully saturated rings. The summed E-state index contributed by atoms with van der Waals surface area (Å²) in [7, 11) is 0. The summed E-state index contributed by atoms with van der Waals surface area (Å²) in [5.74, 6) is 3.30. The predicted molar refractivity (Wildman–Crippen MR) is 74.1 cm³/mol. The first-order valence-corrected chi connectivity index (χ1v) is 7.06. The molecule has 0 amide bonds. The van der Waals surface area contributed by atoms with Crippen molar-refractivity contribution in [2.24, 2.45) is 5.92 Å². The zero-order valence-corrected chi connectivity index (χ0v) is 10.6. The average molecular weight is 247 g/mol. The molecule has 1 aromatic carbocycles. The van der Waals surface area contributed by atoms with Crippen molar-refractivity contribution in [2.45, 2.75) is 12.8 Å². The Hall–Kier alpha value is -1.34. The van der Waals surface area contributed by atoms with Crippen LogP contribution in [0.15, 0.2) is 18.2 Å². The maximum atomic E-state index is 8.76. The largest absolute Gasteiger partial charge is 0.397 e. The number of nitrogen functional groups attached to an aromatic ring is 1. The van der Waals surface area contributed by atoms with Crippen LogP contribution in [0.3, 0.4) is 0 Å². The molecule has 3 N–H and O–H groups in total. The van der Waals surface area contributed by atoms with E-state index in [1.807, 2.05) is 17.8 Å². The van der Waals surface area contributed by atoms with Crippen LogP contribution in [0, 0.1) is 17.2 Å². The molecule has 1 aliphatic heterocycles. The summed E-state index contributed by atoms with van der Waals surface area (Å²) in [6.07, 6.45) is 2.57. The number of benzene rings is 1. The van der Waals surface area contributed by atoms with Gasteiger partial charge in [0.25, 0.3) is 0 Å². The summed E-state index contributed by atoms with van der Waals surface area (Å²) in [4.78, 5) is 0. The zero-order chi connectivity index (χ0) is 12.1. The topological polar surface area (TPSA) is 61.8 Å². The number of thioether (sulfide) groups is 1. The van der Waals surface area contributed by atoms with Crippen LogP contribution in [0.2, 0.25) is 0 Å². The Morgan fingerprint density at radius 1 is 1.41 bits per heavy atom. The molecular weight excluding hydrogens is 230 g/mol. The van der Waals surface area contributed by atoms with Gasteiger partial charge in [-0.25, -0.2) is 0 Å². The molecule has 4 heteroatoms. The van der Waals surface area contributed by atoms with Crippen LogP contribution < -0.4 is 11.1 Å². The van der Waals surface area contributed by atoms with Crippen molar-refractivity contribution in [2.75, 3.05) is 29.1 Å². The first kappa shape index (κ1) is 12.1. The van der Waals surface area contributed by atoms with Gasteiger partial charge in [-0.15, -0.1) is 0 Å². The van der Waals surface area contributed by atoms with E-state index in [2.05, 4.69) is 11.4 Å². The second-order valence-electron chi connectivity index (χ2n) is 4.35. The van der Waals surface area contributed by atoms with E-state index >= 15 is 0 Å². The lowest BCUT2D eigenvalue weighted by Crippen LogP contribution is -2.19. The maximum absolute atomic E-state index is 8.76. The van der Waals surface area contributed by atoms with E-state index in [4.69, 9.17) is 11.0 Å². The second-order valence-corrected chi connectivity index (χ2v) is 5.58. The fourth-order valence-electron chi connectivity index (χ4n) is 2.00. The quantitative estimate of drug-likeness (QED) is 0.806. The second kappa shape index (κ2) is 5.83. The van der Waals surface area contributed by atoms with Gasteiger partial charge in [-0.3, -0.25) is 0 Å². The molecule has 3 nitrogen and oxygen atoms in total. The molecule has 0 atom stereocenters. The highest BCUT2D eigenvalue weighted by Gasteiger charge is 2.13. The predicted octanol–water partition coefficient (Wildman–Crippen LogP) is 2.70. The van der Waals surface area contributed by atoms with Crippen LogP contribution in [0.4, 0.5) is 11.4 Å². The SMILES string of the molecule is N#Cc1ccc(NCC2CCSCC2)c(N)c1. The molecule has 1 aliphatic rings. The van der Waals surface area contributed by atoms with Gasteiger partial charge in [-0.2, -0.15) is 17.0 Å². The van der Waals surface area contributed by atoms with Crippen molar-refractivity contribution in [3.63, 3.8) is 0 Å². The first-order chi connectivity index (χ1) is 8.29. The van der Waals surface area contributed by atoms with E-state index in [0.717, 1.165) is 18.2 Å².